The second-order valence-corrected chi connectivity index (χ2v) is 20.3. The van der Waals surface area contributed by atoms with E-state index >= 15 is 0 Å². The lowest BCUT2D eigenvalue weighted by Gasteiger charge is -2.56. The molecule has 5 saturated carbocycles. The number of aliphatic hydroxyl groups is 1. The summed E-state index contributed by atoms with van der Waals surface area (Å²) >= 11 is 0. The molecule has 2 aliphatic heterocycles. The van der Waals surface area contributed by atoms with Crippen LogP contribution in [0.5, 0.6) is 0 Å². The highest BCUT2D eigenvalue weighted by atomic mass is 16.7. The monoisotopic (exact) mass is 803 g/mol. The highest BCUT2D eigenvalue weighted by molar-refractivity contribution is 5.82. The van der Waals surface area contributed by atoms with Gasteiger partial charge in [0, 0.05) is 42.2 Å². The standard InChI is InChI=1S/C50H66N4O5/c1-49(2,3)52-46(56)44-20-19-38-8-4-5-10-43(38)54(44)30-42-25-45(39-13-11-32(31-55)12-14-39)59-47(58-42)40-17-15-37(16-18-40)41-9-6-7-33(24-41)29-51-48(57)53-50-26-34-21-35(27-50)23-36(22-34)28-50/h6-7,9,11-18,24,34-36,38,42-45,47,55H,4-5,8,10,19-23,25-31H2,1-3H3,(H,52,56)(H2,51,53,57). The van der Waals surface area contributed by atoms with Crippen molar-refractivity contribution >= 4 is 11.9 Å². The van der Waals surface area contributed by atoms with Crippen molar-refractivity contribution in [2.75, 3.05) is 6.54 Å². The van der Waals surface area contributed by atoms with Crippen LogP contribution in [0.1, 0.15) is 139 Å². The zero-order valence-corrected chi connectivity index (χ0v) is 35.5. The van der Waals surface area contributed by atoms with E-state index in [1.165, 1.54) is 38.5 Å². The number of carbonyl (C=O) groups excluding carboxylic acids is 2. The molecule has 4 N–H and O–H groups in total. The number of piperidine rings is 1. The molecule has 316 valence electrons. The minimum atomic E-state index is -0.581. The number of likely N-dealkylation sites (tertiary alicyclic amines) is 1. The molecule has 9 heteroatoms. The maximum Gasteiger partial charge on any atom is 0.315 e. The Morgan fingerprint density at radius 3 is 2.17 bits per heavy atom. The summed E-state index contributed by atoms with van der Waals surface area (Å²) in [7, 11) is 0. The van der Waals surface area contributed by atoms with Gasteiger partial charge in [0.1, 0.15) is 0 Å². The number of hydrogen-bond acceptors (Lipinski definition) is 6. The minimum absolute atomic E-state index is 0.00152. The van der Waals surface area contributed by atoms with Crippen molar-refractivity contribution in [1.82, 2.24) is 20.9 Å². The van der Waals surface area contributed by atoms with E-state index in [0.29, 0.717) is 31.5 Å². The Labute approximate surface area is 351 Å². The summed E-state index contributed by atoms with van der Waals surface area (Å²) in [5, 5.41) is 19.7. The van der Waals surface area contributed by atoms with Crippen LogP contribution >= 0.6 is 0 Å². The van der Waals surface area contributed by atoms with Gasteiger partial charge in [-0.05, 0) is 143 Å². The Balaban J connectivity index is 0.897. The normalized spacial score (nSPS) is 32.9. The van der Waals surface area contributed by atoms with E-state index in [-0.39, 0.29) is 47.9 Å². The third-order valence-electron chi connectivity index (χ3n) is 14.6. The van der Waals surface area contributed by atoms with Gasteiger partial charge in [-0.1, -0.05) is 79.6 Å². The van der Waals surface area contributed by atoms with Crippen molar-refractivity contribution < 1.29 is 24.2 Å². The number of rotatable bonds is 10. The molecule has 0 aromatic heterocycles. The molecule has 0 spiro atoms. The van der Waals surface area contributed by atoms with Crippen LogP contribution in [-0.2, 0) is 27.4 Å². The number of urea groups is 1. The third kappa shape index (κ3) is 9.29. The lowest BCUT2D eigenvalue weighted by atomic mass is 9.53. The van der Waals surface area contributed by atoms with E-state index in [1.807, 2.05) is 12.1 Å². The first-order valence-electron chi connectivity index (χ1n) is 22.8. The molecule has 9 nitrogen and oxygen atoms in total. The van der Waals surface area contributed by atoms with E-state index in [1.54, 1.807) is 0 Å². The van der Waals surface area contributed by atoms with E-state index < -0.39 is 6.29 Å². The third-order valence-corrected chi connectivity index (χ3v) is 14.6. The Bertz CT molecular complexity index is 1910. The number of nitrogens with one attached hydrogen (secondary N) is 3. The average molecular weight is 803 g/mol. The van der Waals surface area contributed by atoms with Crippen molar-refractivity contribution in [2.24, 2.45) is 23.7 Å². The molecular formula is C50H66N4O5. The maximum atomic E-state index is 13.9. The second kappa shape index (κ2) is 16.9. The average Bonchev–Trinajstić information content (AvgIpc) is 3.22. The Morgan fingerprint density at radius 1 is 0.780 bits per heavy atom. The van der Waals surface area contributed by atoms with Gasteiger partial charge in [0.05, 0.1) is 24.9 Å². The van der Waals surface area contributed by atoms with Gasteiger partial charge in [-0.3, -0.25) is 9.69 Å². The smallest absolute Gasteiger partial charge is 0.315 e. The molecule has 3 aromatic rings. The largest absolute Gasteiger partial charge is 0.392 e. The Hall–Kier alpha value is -3.76. The highest BCUT2D eigenvalue weighted by Gasteiger charge is 2.51. The van der Waals surface area contributed by atoms with Crippen LogP contribution in [0.4, 0.5) is 4.79 Å². The van der Waals surface area contributed by atoms with Crippen LogP contribution in [-0.4, -0.2) is 57.8 Å². The fourth-order valence-corrected chi connectivity index (χ4v) is 12.4. The molecule has 4 bridgehead atoms. The molecule has 5 aliphatic carbocycles. The van der Waals surface area contributed by atoms with Crippen LogP contribution in [0.25, 0.3) is 11.1 Å². The fourth-order valence-electron chi connectivity index (χ4n) is 12.4. The first-order chi connectivity index (χ1) is 28.5. The molecule has 3 aromatic carbocycles. The molecule has 3 amide bonds. The predicted octanol–water partition coefficient (Wildman–Crippen LogP) is 9.10. The molecule has 6 atom stereocenters. The van der Waals surface area contributed by atoms with Crippen LogP contribution in [0.2, 0.25) is 0 Å². The van der Waals surface area contributed by atoms with Gasteiger partial charge in [0.2, 0.25) is 5.91 Å². The number of fused-ring (bicyclic) bond motifs is 1. The summed E-state index contributed by atoms with van der Waals surface area (Å²) in [6.07, 6.45) is 14.0. The van der Waals surface area contributed by atoms with Crippen LogP contribution in [0.15, 0.2) is 72.8 Å². The fraction of sp³-hybridized carbons (Fsp3) is 0.600. The van der Waals surface area contributed by atoms with Gasteiger partial charge < -0.3 is 30.5 Å². The van der Waals surface area contributed by atoms with Crippen molar-refractivity contribution in [3.05, 3.63) is 95.1 Å². The number of nitrogens with zero attached hydrogens (tertiary/aromatic N) is 1. The molecular weight excluding hydrogens is 737 g/mol. The Kier molecular flexibility index (Phi) is 11.7. The molecule has 2 saturated heterocycles. The zero-order chi connectivity index (χ0) is 40.7. The summed E-state index contributed by atoms with van der Waals surface area (Å²) in [5.74, 6) is 3.11. The second-order valence-electron chi connectivity index (χ2n) is 20.3. The van der Waals surface area contributed by atoms with Crippen LogP contribution in [0.3, 0.4) is 0 Å². The number of amides is 3. The van der Waals surface area contributed by atoms with E-state index in [4.69, 9.17) is 9.47 Å². The maximum absolute atomic E-state index is 13.9. The molecule has 0 radical (unpaired) electrons. The van der Waals surface area contributed by atoms with Crippen molar-refractivity contribution in [3.8, 4) is 11.1 Å². The summed E-state index contributed by atoms with van der Waals surface area (Å²) in [6.45, 7) is 7.33. The highest BCUT2D eigenvalue weighted by Crippen LogP contribution is 2.55. The van der Waals surface area contributed by atoms with Gasteiger partial charge in [0.25, 0.3) is 0 Å². The SMILES string of the molecule is CC(C)(C)NC(=O)C1CCC2CCCCC2N1CC1CC(c2ccc(CO)cc2)OC(c2ccc(-c3cccc(CNC(=O)NC45CC6CC(CC(C6)C4)C5)c3)cc2)O1. The molecule has 6 unspecified atom stereocenters. The minimum Gasteiger partial charge on any atom is -0.392 e. The van der Waals surface area contributed by atoms with Gasteiger partial charge in [0.15, 0.2) is 6.29 Å². The summed E-state index contributed by atoms with van der Waals surface area (Å²) in [6, 6.07) is 25.1. The van der Waals surface area contributed by atoms with Crippen LogP contribution in [0, 0.1) is 23.7 Å². The van der Waals surface area contributed by atoms with Crippen molar-refractivity contribution in [3.63, 3.8) is 0 Å². The van der Waals surface area contributed by atoms with Crippen LogP contribution < -0.4 is 16.0 Å². The lowest BCUT2D eigenvalue weighted by Crippen LogP contribution is -2.61. The van der Waals surface area contributed by atoms with E-state index in [2.05, 4.69) is 102 Å². The molecule has 59 heavy (non-hydrogen) atoms. The van der Waals surface area contributed by atoms with E-state index in [0.717, 1.165) is 89.7 Å². The number of hydrogen-bond donors (Lipinski definition) is 4. The number of ether oxygens (including phenoxy) is 2. The van der Waals surface area contributed by atoms with Crippen molar-refractivity contribution in [2.45, 2.75) is 159 Å². The molecule has 7 aliphatic rings. The summed E-state index contributed by atoms with van der Waals surface area (Å²) in [5.41, 5.74) is 5.82. The number of benzene rings is 3. The molecule has 7 fully saturated rings. The van der Waals surface area contributed by atoms with Gasteiger partial charge >= 0.3 is 6.03 Å². The van der Waals surface area contributed by atoms with Gasteiger partial charge in [-0.15, -0.1) is 0 Å². The van der Waals surface area contributed by atoms with Gasteiger partial charge in [-0.2, -0.15) is 0 Å². The van der Waals surface area contributed by atoms with E-state index in [9.17, 15) is 14.7 Å². The topological polar surface area (TPSA) is 112 Å². The van der Waals surface area contributed by atoms with Crippen molar-refractivity contribution in [1.29, 1.82) is 0 Å². The predicted molar refractivity (Wildman–Crippen MR) is 230 cm³/mol. The summed E-state index contributed by atoms with van der Waals surface area (Å²) < 4.78 is 13.7. The van der Waals surface area contributed by atoms with Gasteiger partial charge in [-0.25, -0.2) is 4.79 Å². The molecule has 10 rings (SSSR count). The number of carbonyl (C=O) groups is 2. The quantitative estimate of drug-likeness (QED) is 0.163. The first kappa shape index (κ1) is 40.6. The zero-order valence-electron chi connectivity index (χ0n) is 35.5. The summed E-state index contributed by atoms with van der Waals surface area (Å²) in [4.78, 5) is 29.6. The first-order valence-corrected chi connectivity index (χ1v) is 22.8. The lowest BCUT2D eigenvalue weighted by molar-refractivity contribution is -0.255. The number of aliphatic hydroxyl groups excluding tert-OH is 1. The molecule has 2 heterocycles. The Morgan fingerprint density at radius 2 is 1.47 bits per heavy atom.